The lowest BCUT2D eigenvalue weighted by Gasteiger charge is -2.48. The highest BCUT2D eigenvalue weighted by atomic mass is 16.2. The molecule has 1 N–H and O–H groups in total. The SMILES string of the molecule is C[C@H]1CCN(C(=O)[C@@H]2CCNC(=O)C2)[C@H]2CCCC[C@H]12. The van der Waals surface area contributed by atoms with E-state index in [2.05, 4.69) is 17.1 Å². The van der Waals surface area contributed by atoms with E-state index in [0.717, 1.165) is 25.3 Å². The van der Waals surface area contributed by atoms with Crippen LogP contribution in [-0.4, -0.2) is 35.8 Å². The van der Waals surface area contributed by atoms with Crippen molar-refractivity contribution in [2.24, 2.45) is 17.8 Å². The van der Waals surface area contributed by atoms with Crippen molar-refractivity contribution in [2.45, 2.75) is 57.9 Å². The van der Waals surface area contributed by atoms with Gasteiger partial charge >= 0.3 is 0 Å². The molecule has 0 aromatic carbocycles. The highest BCUT2D eigenvalue weighted by Crippen LogP contribution is 2.39. The van der Waals surface area contributed by atoms with Gasteiger partial charge in [0.1, 0.15) is 0 Å². The Bertz CT molecular complexity index is 396. The molecule has 0 unspecified atom stereocenters. The zero-order chi connectivity index (χ0) is 14.1. The standard InChI is InChI=1S/C16H26N2O2/c1-11-7-9-18(14-5-3-2-4-13(11)14)16(20)12-6-8-17-15(19)10-12/h11-14H,2-10H2,1H3,(H,17,19)/t11-,12+,13+,14-/m0/s1. The third-order valence-electron chi connectivity index (χ3n) is 5.62. The van der Waals surface area contributed by atoms with E-state index in [-0.39, 0.29) is 17.7 Å². The second-order valence-corrected chi connectivity index (χ2v) is 6.85. The van der Waals surface area contributed by atoms with Gasteiger partial charge in [-0.3, -0.25) is 9.59 Å². The number of nitrogens with zero attached hydrogens (tertiary/aromatic N) is 1. The molecule has 0 aromatic heterocycles. The Morgan fingerprint density at radius 2 is 2.00 bits per heavy atom. The number of carbonyl (C=O) groups excluding carboxylic acids is 2. The lowest BCUT2D eigenvalue weighted by molar-refractivity contribution is -0.146. The lowest BCUT2D eigenvalue weighted by atomic mass is 9.72. The topological polar surface area (TPSA) is 49.4 Å². The van der Waals surface area contributed by atoms with Crippen molar-refractivity contribution in [3.8, 4) is 0 Å². The molecule has 0 aromatic rings. The number of rotatable bonds is 1. The van der Waals surface area contributed by atoms with Crippen LogP contribution in [0.5, 0.6) is 0 Å². The maximum Gasteiger partial charge on any atom is 0.226 e. The molecular formula is C16H26N2O2. The van der Waals surface area contributed by atoms with Crippen LogP contribution >= 0.6 is 0 Å². The second kappa shape index (κ2) is 5.74. The highest BCUT2D eigenvalue weighted by Gasteiger charge is 2.41. The summed E-state index contributed by atoms with van der Waals surface area (Å²) in [7, 11) is 0. The zero-order valence-electron chi connectivity index (χ0n) is 12.4. The smallest absolute Gasteiger partial charge is 0.226 e. The Morgan fingerprint density at radius 1 is 1.20 bits per heavy atom. The minimum Gasteiger partial charge on any atom is -0.356 e. The maximum absolute atomic E-state index is 12.8. The molecule has 112 valence electrons. The van der Waals surface area contributed by atoms with Crippen LogP contribution in [0.4, 0.5) is 0 Å². The molecule has 2 aliphatic heterocycles. The van der Waals surface area contributed by atoms with Crippen molar-refractivity contribution in [3.63, 3.8) is 0 Å². The van der Waals surface area contributed by atoms with Crippen LogP contribution in [-0.2, 0) is 9.59 Å². The Labute approximate surface area is 121 Å². The molecule has 4 heteroatoms. The fourth-order valence-corrected chi connectivity index (χ4v) is 4.42. The molecule has 4 atom stereocenters. The van der Waals surface area contributed by atoms with Gasteiger partial charge in [0, 0.05) is 31.5 Å². The third-order valence-corrected chi connectivity index (χ3v) is 5.62. The van der Waals surface area contributed by atoms with Gasteiger partial charge in [0.25, 0.3) is 0 Å². The van der Waals surface area contributed by atoms with Gasteiger partial charge in [0.2, 0.25) is 11.8 Å². The first-order valence-corrected chi connectivity index (χ1v) is 8.24. The molecule has 2 amide bonds. The second-order valence-electron chi connectivity index (χ2n) is 6.85. The van der Waals surface area contributed by atoms with E-state index >= 15 is 0 Å². The fourth-order valence-electron chi connectivity index (χ4n) is 4.42. The molecule has 1 aliphatic carbocycles. The Balaban J connectivity index is 1.71. The van der Waals surface area contributed by atoms with Gasteiger partial charge in [-0.25, -0.2) is 0 Å². The summed E-state index contributed by atoms with van der Waals surface area (Å²) in [5.74, 6) is 1.67. The van der Waals surface area contributed by atoms with Crippen molar-refractivity contribution >= 4 is 11.8 Å². The number of hydrogen-bond acceptors (Lipinski definition) is 2. The van der Waals surface area contributed by atoms with Gasteiger partial charge in [0.05, 0.1) is 0 Å². The van der Waals surface area contributed by atoms with E-state index in [9.17, 15) is 9.59 Å². The molecule has 2 heterocycles. The van der Waals surface area contributed by atoms with Gasteiger partial charge in [0.15, 0.2) is 0 Å². The Kier molecular flexibility index (Phi) is 3.99. The molecule has 0 bridgehead atoms. The van der Waals surface area contributed by atoms with Crippen LogP contribution < -0.4 is 5.32 Å². The van der Waals surface area contributed by atoms with Crippen molar-refractivity contribution in [3.05, 3.63) is 0 Å². The third kappa shape index (κ3) is 2.57. The normalized spacial score (nSPS) is 38.0. The number of nitrogens with one attached hydrogen (secondary N) is 1. The number of fused-ring (bicyclic) bond motifs is 1. The minimum atomic E-state index is -0.0697. The molecule has 4 nitrogen and oxygen atoms in total. The lowest BCUT2D eigenvalue weighted by Crippen LogP contribution is -2.55. The van der Waals surface area contributed by atoms with Crippen LogP contribution in [0.2, 0.25) is 0 Å². The summed E-state index contributed by atoms with van der Waals surface area (Å²) in [5.41, 5.74) is 0. The van der Waals surface area contributed by atoms with Crippen LogP contribution in [0.25, 0.3) is 0 Å². The molecule has 3 rings (SSSR count). The highest BCUT2D eigenvalue weighted by molar-refractivity contribution is 5.87. The van der Waals surface area contributed by atoms with Gasteiger partial charge < -0.3 is 10.2 Å². The summed E-state index contributed by atoms with van der Waals surface area (Å²) in [4.78, 5) is 26.5. The summed E-state index contributed by atoms with van der Waals surface area (Å²) in [6.45, 7) is 3.91. The van der Waals surface area contributed by atoms with E-state index in [1.807, 2.05) is 0 Å². The first kappa shape index (κ1) is 13.9. The number of carbonyl (C=O) groups is 2. The Morgan fingerprint density at radius 3 is 2.80 bits per heavy atom. The fraction of sp³-hybridized carbons (Fsp3) is 0.875. The number of hydrogen-bond donors (Lipinski definition) is 1. The molecule has 1 saturated carbocycles. The van der Waals surface area contributed by atoms with Crippen molar-refractivity contribution < 1.29 is 9.59 Å². The van der Waals surface area contributed by atoms with E-state index in [1.165, 1.54) is 25.7 Å². The first-order valence-electron chi connectivity index (χ1n) is 8.24. The van der Waals surface area contributed by atoms with Gasteiger partial charge in [-0.05, 0) is 37.5 Å². The molecule has 3 aliphatic rings. The number of piperidine rings is 2. The van der Waals surface area contributed by atoms with Crippen molar-refractivity contribution in [1.82, 2.24) is 10.2 Å². The summed E-state index contributed by atoms with van der Waals surface area (Å²) < 4.78 is 0. The van der Waals surface area contributed by atoms with Crippen LogP contribution in [0.15, 0.2) is 0 Å². The molecule has 0 spiro atoms. The average Bonchev–Trinajstić information content (AvgIpc) is 2.47. The molecule has 0 radical (unpaired) electrons. The first-order chi connectivity index (χ1) is 9.66. The summed E-state index contributed by atoms with van der Waals surface area (Å²) in [6.07, 6.45) is 7.35. The van der Waals surface area contributed by atoms with E-state index in [1.54, 1.807) is 0 Å². The molecule has 2 saturated heterocycles. The summed E-state index contributed by atoms with van der Waals surface area (Å²) >= 11 is 0. The maximum atomic E-state index is 12.8. The van der Waals surface area contributed by atoms with Gasteiger partial charge in [-0.15, -0.1) is 0 Å². The zero-order valence-corrected chi connectivity index (χ0v) is 12.4. The van der Waals surface area contributed by atoms with E-state index < -0.39 is 0 Å². The van der Waals surface area contributed by atoms with E-state index in [4.69, 9.17) is 0 Å². The monoisotopic (exact) mass is 278 g/mol. The average molecular weight is 278 g/mol. The summed E-state index contributed by atoms with van der Waals surface area (Å²) in [6, 6.07) is 0.449. The van der Waals surface area contributed by atoms with Gasteiger partial charge in [-0.2, -0.15) is 0 Å². The van der Waals surface area contributed by atoms with Crippen molar-refractivity contribution in [2.75, 3.05) is 13.1 Å². The van der Waals surface area contributed by atoms with Gasteiger partial charge in [-0.1, -0.05) is 19.8 Å². The molecule has 3 fully saturated rings. The van der Waals surface area contributed by atoms with E-state index in [0.29, 0.717) is 24.9 Å². The molecular weight excluding hydrogens is 252 g/mol. The Hall–Kier alpha value is -1.06. The molecule has 20 heavy (non-hydrogen) atoms. The largest absolute Gasteiger partial charge is 0.356 e. The van der Waals surface area contributed by atoms with Crippen LogP contribution in [0, 0.1) is 17.8 Å². The predicted molar refractivity (Wildman–Crippen MR) is 77.0 cm³/mol. The van der Waals surface area contributed by atoms with Crippen LogP contribution in [0.3, 0.4) is 0 Å². The minimum absolute atomic E-state index is 0.0418. The quantitative estimate of drug-likeness (QED) is 0.797. The van der Waals surface area contributed by atoms with Crippen LogP contribution in [0.1, 0.15) is 51.9 Å². The van der Waals surface area contributed by atoms with Crippen molar-refractivity contribution in [1.29, 1.82) is 0 Å². The number of amides is 2. The number of likely N-dealkylation sites (tertiary alicyclic amines) is 1. The summed E-state index contributed by atoms with van der Waals surface area (Å²) in [5, 5.41) is 2.82. The predicted octanol–water partition coefficient (Wildman–Crippen LogP) is 1.94.